The normalized spacial score (nSPS) is 9.18. The minimum absolute atomic E-state index is 0.250. The number of benzene rings is 2. The van der Waals surface area contributed by atoms with Crippen LogP contribution in [-0.4, -0.2) is 7.11 Å². The van der Waals surface area contributed by atoms with Gasteiger partial charge in [-0.2, -0.15) is 5.26 Å². The second kappa shape index (κ2) is 5.05. The van der Waals surface area contributed by atoms with E-state index in [1.807, 2.05) is 42.5 Å². The topological polar surface area (TPSA) is 33.0 Å². The van der Waals surface area contributed by atoms with E-state index in [0.29, 0.717) is 0 Å². The Balaban J connectivity index is 2.61. The van der Waals surface area contributed by atoms with Crippen LogP contribution in [0.15, 0.2) is 36.4 Å². The summed E-state index contributed by atoms with van der Waals surface area (Å²) in [5.41, 5.74) is 0.927. The molecule has 0 aromatic heterocycles. The summed E-state index contributed by atoms with van der Waals surface area (Å²) in [6.07, 6.45) is 0.250. The highest BCUT2D eigenvalue weighted by atomic mass is 16.5. The molecule has 2 nitrogen and oxygen atoms in total. The van der Waals surface area contributed by atoms with Gasteiger partial charge in [0.1, 0.15) is 5.75 Å². The van der Waals surface area contributed by atoms with Crippen molar-refractivity contribution in [2.75, 3.05) is 7.11 Å². The van der Waals surface area contributed by atoms with Gasteiger partial charge in [0, 0.05) is 16.3 Å². The monoisotopic (exact) mass is 221 g/mol. The Bertz CT molecular complexity index is 641. The summed E-state index contributed by atoms with van der Waals surface area (Å²) >= 11 is 0. The molecule has 0 bridgehead atoms. The van der Waals surface area contributed by atoms with Crippen LogP contribution < -0.4 is 4.74 Å². The Labute approximate surface area is 100 Å². The van der Waals surface area contributed by atoms with Gasteiger partial charge in [-0.3, -0.25) is 0 Å². The zero-order valence-electron chi connectivity index (χ0n) is 9.53. The summed E-state index contributed by atoms with van der Waals surface area (Å²) in [7, 11) is 1.66. The second-order valence-electron chi connectivity index (χ2n) is 3.50. The third-order valence-electron chi connectivity index (χ3n) is 2.49. The van der Waals surface area contributed by atoms with Gasteiger partial charge < -0.3 is 4.74 Å². The van der Waals surface area contributed by atoms with Crippen molar-refractivity contribution in [1.29, 1.82) is 5.26 Å². The molecule has 17 heavy (non-hydrogen) atoms. The van der Waals surface area contributed by atoms with Gasteiger partial charge >= 0.3 is 0 Å². The molecule has 2 heteroatoms. The molecule has 2 aromatic carbocycles. The molecule has 0 amide bonds. The number of hydrogen-bond acceptors (Lipinski definition) is 2. The lowest BCUT2D eigenvalue weighted by Gasteiger charge is -2.06. The van der Waals surface area contributed by atoms with E-state index < -0.39 is 0 Å². The summed E-state index contributed by atoms with van der Waals surface area (Å²) in [6.45, 7) is 0. The van der Waals surface area contributed by atoms with Crippen LogP contribution in [-0.2, 0) is 0 Å². The number of rotatable bonds is 1. The highest BCUT2D eigenvalue weighted by Crippen LogP contribution is 2.27. The fraction of sp³-hybridized carbons (Fsp3) is 0.133. The zero-order valence-corrected chi connectivity index (χ0v) is 9.53. The van der Waals surface area contributed by atoms with Crippen LogP contribution in [0.5, 0.6) is 5.75 Å². The molecule has 0 saturated carbocycles. The largest absolute Gasteiger partial charge is 0.496 e. The molecule has 2 aromatic rings. The minimum atomic E-state index is 0.250. The van der Waals surface area contributed by atoms with Crippen molar-refractivity contribution in [2.45, 2.75) is 6.42 Å². The number of fused-ring (bicyclic) bond motifs is 1. The molecule has 0 fully saturated rings. The SMILES string of the molecule is COc1ccc(C#CCC#N)c2ccccc12. The maximum Gasteiger partial charge on any atom is 0.126 e. The van der Waals surface area contributed by atoms with Gasteiger partial charge in [0.15, 0.2) is 0 Å². The minimum Gasteiger partial charge on any atom is -0.496 e. The fourth-order valence-electron chi connectivity index (χ4n) is 1.74. The average Bonchev–Trinajstić information content (AvgIpc) is 2.39. The van der Waals surface area contributed by atoms with E-state index >= 15 is 0 Å². The van der Waals surface area contributed by atoms with Crippen molar-refractivity contribution in [3.8, 4) is 23.7 Å². The smallest absolute Gasteiger partial charge is 0.126 e. The number of hydrogen-bond donors (Lipinski definition) is 0. The summed E-state index contributed by atoms with van der Waals surface area (Å²) < 4.78 is 5.31. The fourth-order valence-corrected chi connectivity index (χ4v) is 1.74. The predicted octanol–water partition coefficient (Wildman–Crippen LogP) is 3.11. The first kappa shape index (κ1) is 11.0. The first-order valence-corrected chi connectivity index (χ1v) is 5.28. The summed E-state index contributed by atoms with van der Waals surface area (Å²) in [4.78, 5) is 0. The van der Waals surface area contributed by atoms with Gasteiger partial charge in [-0.05, 0) is 12.1 Å². The lowest BCUT2D eigenvalue weighted by molar-refractivity contribution is 0.420. The molecule has 0 atom stereocenters. The van der Waals surface area contributed by atoms with Crippen LogP contribution in [0.4, 0.5) is 0 Å². The van der Waals surface area contributed by atoms with E-state index in [-0.39, 0.29) is 6.42 Å². The molecule has 0 saturated heterocycles. The Morgan fingerprint density at radius 2 is 1.88 bits per heavy atom. The Hall–Kier alpha value is -2.45. The quantitative estimate of drug-likeness (QED) is 0.693. The van der Waals surface area contributed by atoms with Gasteiger partial charge in [0.2, 0.25) is 0 Å². The maximum absolute atomic E-state index is 8.47. The molecule has 0 unspecified atom stereocenters. The summed E-state index contributed by atoms with van der Waals surface area (Å²) in [5, 5.41) is 10.6. The molecule has 0 aliphatic rings. The Kier molecular flexibility index (Phi) is 3.28. The Morgan fingerprint density at radius 3 is 2.59 bits per heavy atom. The predicted molar refractivity (Wildman–Crippen MR) is 67.6 cm³/mol. The van der Waals surface area contributed by atoms with Crippen molar-refractivity contribution in [1.82, 2.24) is 0 Å². The van der Waals surface area contributed by atoms with Crippen LogP contribution in [0, 0.1) is 23.2 Å². The third kappa shape index (κ3) is 2.22. The molecule has 0 aliphatic carbocycles. The van der Waals surface area contributed by atoms with Crippen LogP contribution in [0.3, 0.4) is 0 Å². The first-order chi connectivity index (χ1) is 8.36. The first-order valence-electron chi connectivity index (χ1n) is 5.28. The van der Waals surface area contributed by atoms with Crippen LogP contribution in [0.2, 0.25) is 0 Å². The van der Waals surface area contributed by atoms with E-state index in [4.69, 9.17) is 10.00 Å². The molecule has 2 rings (SSSR count). The van der Waals surface area contributed by atoms with E-state index in [0.717, 1.165) is 22.1 Å². The van der Waals surface area contributed by atoms with Crippen molar-refractivity contribution in [2.24, 2.45) is 0 Å². The molecule has 0 N–H and O–H groups in total. The van der Waals surface area contributed by atoms with E-state index in [9.17, 15) is 0 Å². The van der Waals surface area contributed by atoms with Crippen molar-refractivity contribution in [3.05, 3.63) is 42.0 Å². The van der Waals surface area contributed by atoms with Gasteiger partial charge in [-0.15, -0.1) is 0 Å². The Morgan fingerprint density at radius 1 is 1.12 bits per heavy atom. The zero-order chi connectivity index (χ0) is 12.1. The highest BCUT2D eigenvalue weighted by molar-refractivity contribution is 5.93. The molecular formula is C15H11NO. The van der Waals surface area contributed by atoms with Gasteiger partial charge in [-0.1, -0.05) is 36.1 Å². The molecule has 0 heterocycles. The maximum atomic E-state index is 8.47. The van der Waals surface area contributed by atoms with Crippen LogP contribution in [0.1, 0.15) is 12.0 Å². The lowest BCUT2D eigenvalue weighted by Crippen LogP contribution is -1.87. The average molecular weight is 221 g/mol. The van der Waals surface area contributed by atoms with Crippen molar-refractivity contribution in [3.63, 3.8) is 0 Å². The van der Waals surface area contributed by atoms with Gasteiger partial charge in [0.25, 0.3) is 0 Å². The third-order valence-corrected chi connectivity index (χ3v) is 2.49. The molecule has 0 spiro atoms. The number of ether oxygens (including phenoxy) is 1. The number of nitriles is 1. The van der Waals surface area contributed by atoms with E-state index in [2.05, 4.69) is 11.8 Å². The van der Waals surface area contributed by atoms with E-state index in [1.165, 1.54) is 0 Å². The molecule has 0 aliphatic heterocycles. The van der Waals surface area contributed by atoms with Gasteiger partial charge in [0.05, 0.1) is 19.6 Å². The van der Waals surface area contributed by atoms with Crippen LogP contribution >= 0.6 is 0 Å². The van der Waals surface area contributed by atoms with Crippen molar-refractivity contribution >= 4 is 10.8 Å². The summed E-state index contributed by atoms with van der Waals surface area (Å²) in [6, 6.07) is 13.8. The molecular weight excluding hydrogens is 210 g/mol. The van der Waals surface area contributed by atoms with E-state index in [1.54, 1.807) is 7.11 Å². The standard InChI is InChI=1S/C15H11NO/c1-17-15-10-9-12(6-4-5-11-16)13-7-2-3-8-14(13)15/h2-3,7-10H,5H2,1H3. The number of nitrogens with zero attached hydrogens (tertiary/aromatic N) is 1. The van der Waals surface area contributed by atoms with Crippen LogP contribution in [0.25, 0.3) is 10.8 Å². The van der Waals surface area contributed by atoms with Crippen molar-refractivity contribution < 1.29 is 4.74 Å². The van der Waals surface area contributed by atoms with Gasteiger partial charge in [-0.25, -0.2) is 0 Å². The highest BCUT2D eigenvalue weighted by Gasteiger charge is 2.03. The second-order valence-corrected chi connectivity index (χ2v) is 3.50. The molecule has 0 radical (unpaired) electrons. The summed E-state index contributed by atoms with van der Waals surface area (Å²) in [5.74, 6) is 6.68. The lowest BCUT2D eigenvalue weighted by atomic mass is 10.0. The molecule has 82 valence electrons. The number of methoxy groups -OCH3 is 1.